The van der Waals surface area contributed by atoms with Crippen LogP contribution in [0, 0.1) is 5.82 Å². The number of anilines is 2. The zero-order valence-corrected chi connectivity index (χ0v) is 8.42. The maximum absolute atomic E-state index is 13.2. The third kappa shape index (κ3) is 3.21. The molecule has 1 heterocycles. The van der Waals surface area contributed by atoms with Crippen LogP contribution in [0.3, 0.4) is 0 Å². The predicted octanol–water partition coefficient (Wildman–Crippen LogP) is 1.59. The van der Waals surface area contributed by atoms with Crippen LogP contribution in [-0.2, 0) is 0 Å². The lowest BCUT2D eigenvalue weighted by molar-refractivity contribution is -0.119. The van der Waals surface area contributed by atoms with Gasteiger partial charge in [-0.15, -0.1) is 0 Å². The maximum atomic E-state index is 13.2. The van der Waals surface area contributed by atoms with Gasteiger partial charge in [0.15, 0.2) is 11.6 Å². The second-order valence-corrected chi connectivity index (χ2v) is 3.03. The molecule has 0 atom stereocenters. The Balaban J connectivity index is 2.99. The molecule has 0 saturated heterocycles. The Kier molecular flexibility index (Phi) is 3.51. The lowest BCUT2D eigenvalue weighted by Crippen LogP contribution is -2.35. The third-order valence-electron chi connectivity index (χ3n) is 1.80. The van der Waals surface area contributed by atoms with Crippen LogP contribution in [0.4, 0.5) is 29.3 Å². The average Bonchev–Trinajstić information content (AvgIpc) is 2.17. The van der Waals surface area contributed by atoms with E-state index in [-0.39, 0.29) is 12.5 Å². The molecule has 16 heavy (non-hydrogen) atoms. The van der Waals surface area contributed by atoms with E-state index in [0.717, 1.165) is 11.1 Å². The highest BCUT2D eigenvalue weighted by molar-refractivity contribution is 5.42. The minimum absolute atomic E-state index is 0.0348. The van der Waals surface area contributed by atoms with Crippen LogP contribution in [0.25, 0.3) is 0 Å². The number of hydrogen-bond acceptors (Lipinski definition) is 4. The monoisotopic (exact) mass is 238 g/mol. The first-order valence-electron chi connectivity index (χ1n) is 4.43. The van der Waals surface area contributed by atoms with Crippen molar-refractivity contribution in [2.75, 3.05) is 23.7 Å². The lowest BCUT2D eigenvalue weighted by atomic mass is 10.4. The average molecular weight is 238 g/mol. The van der Waals surface area contributed by atoms with Crippen molar-refractivity contribution in [1.29, 1.82) is 0 Å². The van der Waals surface area contributed by atoms with Gasteiger partial charge in [0.1, 0.15) is 6.54 Å². The summed E-state index contributed by atoms with van der Waals surface area (Å²) in [4.78, 5) is 7.53. The van der Waals surface area contributed by atoms with Crippen LogP contribution in [0.5, 0.6) is 0 Å². The predicted molar refractivity (Wildman–Crippen MR) is 50.3 cm³/mol. The quantitative estimate of drug-likeness (QED) is 0.812. The van der Waals surface area contributed by atoms with Gasteiger partial charge in [0.25, 0.3) is 0 Å². The molecular formula is C8H10F4N4. The Bertz CT molecular complexity index is 366. The Labute approximate surface area is 89.1 Å². The van der Waals surface area contributed by atoms with Gasteiger partial charge < -0.3 is 10.6 Å². The van der Waals surface area contributed by atoms with Crippen molar-refractivity contribution in [2.24, 2.45) is 0 Å². The third-order valence-corrected chi connectivity index (χ3v) is 1.80. The Morgan fingerprint density at radius 1 is 1.44 bits per heavy atom. The van der Waals surface area contributed by atoms with Crippen LogP contribution in [-0.4, -0.2) is 29.2 Å². The molecule has 8 heteroatoms. The molecule has 0 bridgehead atoms. The summed E-state index contributed by atoms with van der Waals surface area (Å²) in [6.45, 7) is 0.146. The molecule has 4 nitrogen and oxygen atoms in total. The van der Waals surface area contributed by atoms with Crippen molar-refractivity contribution in [1.82, 2.24) is 9.97 Å². The number of nitrogen functional groups attached to an aromatic ring is 1. The van der Waals surface area contributed by atoms with Crippen molar-refractivity contribution < 1.29 is 17.6 Å². The van der Waals surface area contributed by atoms with Crippen LogP contribution >= 0.6 is 0 Å². The van der Waals surface area contributed by atoms with Gasteiger partial charge in [-0.3, -0.25) is 0 Å². The molecule has 0 unspecified atom stereocenters. The molecular weight excluding hydrogens is 228 g/mol. The number of alkyl halides is 3. The minimum Gasteiger partial charge on any atom is -0.368 e. The van der Waals surface area contributed by atoms with E-state index in [9.17, 15) is 17.6 Å². The van der Waals surface area contributed by atoms with Gasteiger partial charge in [0.05, 0.1) is 6.20 Å². The van der Waals surface area contributed by atoms with Crippen LogP contribution in [0.2, 0.25) is 0 Å². The van der Waals surface area contributed by atoms with Crippen molar-refractivity contribution in [3.05, 3.63) is 12.0 Å². The fourth-order valence-corrected chi connectivity index (χ4v) is 1.15. The Hall–Kier alpha value is -1.60. The summed E-state index contributed by atoms with van der Waals surface area (Å²) in [5.74, 6) is -1.63. The number of aromatic nitrogens is 2. The first-order chi connectivity index (χ1) is 7.33. The molecule has 0 saturated carbocycles. The smallest absolute Gasteiger partial charge is 0.368 e. The number of nitrogens with two attached hydrogens (primary N) is 1. The number of nitrogens with zero attached hydrogens (tertiary/aromatic N) is 3. The van der Waals surface area contributed by atoms with E-state index in [1.807, 2.05) is 0 Å². The second-order valence-electron chi connectivity index (χ2n) is 3.03. The first kappa shape index (κ1) is 12.5. The molecule has 0 radical (unpaired) electrons. The zero-order chi connectivity index (χ0) is 12.3. The van der Waals surface area contributed by atoms with Gasteiger partial charge in [-0.05, 0) is 6.92 Å². The summed E-state index contributed by atoms with van der Waals surface area (Å²) in [6, 6.07) is 0. The van der Waals surface area contributed by atoms with E-state index in [4.69, 9.17) is 5.73 Å². The molecule has 0 aliphatic rings. The maximum Gasteiger partial charge on any atom is 0.405 e. The van der Waals surface area contributed by atoms with Crippen LogP contribution in [0.15, 0.2) is 6.20 Å². The fourth-order valence-electron chi connectivity index (χ4n) is 1.15. The highest BCUT2D eigenvalue weighted by Gasteiger charge is 2.31. The fraction of sp³-hybridized carbons (Fsp3) is 0.500. The summed E-state index contributed by atoms with van der Waals surface area (Å²) in [7, 11) is 0. The van der Waals surface area contributed by atoms with Crippen LogP contribution in [0.1, 0.15) is 6.92 Å². The van der Waals surface area contributed by atoms with Crippen molar-refractivity contribution in [3.63, 3.8) is 0 Å². The van der Waals surface area contributed by atoms with Crippen molar-refractivity contribution >= 4 is 11.8 Å². The lowest BCUT2D eigenvalue weighted by Gasteiger charge is -2.23. The molecule has 2 N–H and O–H groups in total. The normalized spacial score (nSPS) is 11.6. The van der Waals surface area contributed by atoms with Gasteiger partial charge in [0, 0.05) is 6.54 Å². The molecule has 0 amide bonds. The van der Waals surface area contributed by atoms with Gasteiger partial charge in [0.2, 0.25) is 5.95 Å². The SMILES string of the molecule is CCN(CC(F)(F)F)c1nc(N)ncc1F. The number of hydrogen-bond donors (Lipinski definition) is 1. The van der Waals surface area contributed by atoms with E-state index < -0.39 is 24.4 Å². The number of halogens is 4. The molecule has 1 rings (SSSR count). The molecule has 0 aliphatic heterocycles. The summed E-state index contributed by atoms with van der Waals surface area (Å²) < 4.78 is 49.7. The molecule has 90 valence electrons. The van der Waals surface area contributed by atoms with E-state index in [0.29, 0.717) is 0 Å². The van der Waals surface area contributed by atoms with E-state index >= 15 is 0 Å². The van der Waals surface area contributed by atoms with E-state index in [1.165, 1.54) is 6.92 Å². The summed E-state index contributed by atoms with van der Waals surface area (Å²) in [6.07, 6.45) is -3.68. The van der Waals surface area contributed by atoms with E-state index in [1.54, 1.807) is 0 Å². The van der Waals surface area contributed by atoms with E-state index in [2.05, 4.69) is 9.97 Å². The Morgan fingerprint density at radius 3 is 2.56 bits per heavy atom. The highest BCUT2D eigenvalue weighted by Crippen LogP contribution is 2.22. The molecule has 1 aromatic rings. The van der Waals surface area contributed by atoms with Crippen LogP contribution < -0.4 is 10.6 Å². The molecule has 0 spiro atoms. The van der Waals surface area contributed by atoms with Crippen molar-refractivity contribution in [3.8, 4) is 0 Å². The summed E-state index contributed by atoms with van der Waals surface area (Å²) in [5, 5.41) is 0. The second kappa shape index (κ2) is 4.50. The van der Waals surface area contributed by atoms with Gasteiger partial charge in [-0.25, -0.2) is 9.37 Å². The molecule has 1 aromatic heterocycles. The summed E-state index contributed by atoms with van der Waals surface area (Å²) in [5.41, 5.74) is 5.19. The number of rotatable bonds is 3. The van der Waals surface area contributed by atoms with Gasteiger partial charge >= 0.3 is 6.18 Å². The summed E-state index contributed by atoms with van der Waals surface area (Å²) >= 11 is 0. The zero-order valence-electron chi connectivity index (χ0n) is 8.42. The van der Waals surface area contributed by atoms with Gasteiger partial charge in [-0.2, -0.15) is 18.2 Å². The highest BCUT2D eigenvalue weighted by atomic mass is 19.4. The molecule has 0 aromatic carbocycles. The standard InChI is InChI=1S/C8H10F4N4/c1-2-16(4-8(10,11)12)6-5(9)3-14-7(13)15-6/h3H,2,4H2,1H3,(H2,13,14,15). The minimum atomic E-state index is -4.43. The first-order valence-corrected chi connectivity index (χ1v) is 4.43. The molecule has 0 fully saturated rings. The molecule has 0 aliphatic carbocycles. The largest absolute Gasteiger partial charge is 0.405 e. The Morgan fingerprint density at radius 2 is 2.06 bits per heavy atom. The van der Waals surface area contributed by atoms with Gasteiger partial charge in [-0.1, -0.05) is 0 Å². The van der Waals surface area contributed by atoms with Crippen molar-refractivity contribution in [2.45, 2.75) is 13.1 Å². The topological polar surface area (TPSA) is 55.0 Å².